The SMILES string of the molecule is COc1cccc(CC2=NCCc3cc(OCc4ccccc4)c(OC)cc32)c1. The van der Waals surface area contributed by atoms with Crippen LogP contribution in [0.1, 0.15) is 22.3 Å². The van der Waals surface area contributed by atoms with Gasteiger partial charge in [-0.1, -0.05) is 42.5 Å². The lowest BCUT2D eigenvalue weighted by molar-refractivity contribution is 0.284. The molecule has 4 rings (SSSR count). The first kappa shape index (κ1) is 19.1. The van der Waals surface area contributed by atoms with Crippen molar-refractivity contribution < 1.29 is 14.2 Å². The molecule has 0 saturated heterocycles. The van der Waals surface area contributed by atoms with E-state index in [1.54, 1.807) is 14.2 Å². The Balaban J connectivity index is 1.58. The van der Waals surface area contributed by atoms with E-state index in [1.165, 1.54) is 11.1 Å². The maximum Gasteiger partial charge on any atom is 0.161 e. The summed E-state index contributed by atoms with van der Waals surface area (Å²) in [6, 6.07) is 22.5. The number of nitrogens with zero attached hydrogens (tertiary/aromatic N) is 1. The van der Waals surface area contributed by atoms with Gasteiger partial charge in [-0.05, 0) is 47.4 Å². The van der Waals surface area contributed by atoms with Crippen LogP contribution in [0.5, 0.6) is 17.2 Å². The molecule has 3 aromatic rings. The summed E-state index contributed by atoms with van der Waals surface area (Å²) in [5, 5.41) is 0. The predicted molar refractivity (Wildman–Crippen MR) is 116 cm³/mol. The summed E-state index contributed by atoms with van der Waals surface area (Å²) in [5.41, 5.74) is 5.78. The van der Waals surface area contributed by atoms with Gasteiger partial charge in [0.25, 0.3) is 0 Å². The van der Waals surface area contributed by atoms with Gasteiger partial charge in [-0.3, -0.25) is 4.99 Å². The van der Waals surface area contributed by atoms with E-state index in [0.29, 0.717) is 6.61 Å². The summed E-state index contributed by atoms with van der Waals surface area (Å²) in [5.74, 6) is 2.37. The molecule has 4 nitrogen and oxygen atoms in total. The van der Waals surface area contributed by atoms with Gasteiger partial charge in [0, 0.05) is 24.2 Å². The van der Waals surface area contributed by atoms with Crippen molar-refractivity contribution in [3.8, 4) is 17.2 Å². The Bertz CT molecular complexity index is 1010. The van der Waals surface area contributed by atoms with Crippen LogP contribution in [0.3, 0.4) is 0 Å². The Morgan fingerprint density at radius 2 is 1.66 bits per heavy atom. The number of hydrogen-bond acceptors (Lipinski definition) is 4. The molecule has 3 aromatic carbocycles. The molecule has 4 heteroatoms. The zero-order chi connectivity index (χ0) is 20.1. The number of hydrogen-bond donors (Lipinski definition) is 0. The molecular formula is C25H25NO3. The highest BCUT2D eigenvalue weighted by molar-refractivity contribution is 6.04. The Hall–Kier alpha value is -3.27. The summed E-state index contributed by atoms with van der Waals surface area (Å²) in [6.45, 7) is 1.30. The van der Waals surface area contributed by atoms with E-state index >= 15 is 0 Å². The molecule has 1 heterocycles. The molecule has 0 radical (unpaired) electrons. The van der Waals surface area contributed by atoms with E-state index in [1.807, 2.05) is 30.3 Å². The molecule has 0 fully saturated rings. The number of rotatable bonds is 7. The van der Waals surface area contributed by atoms with Crippen LogP contribution in [0.4, 0.5) is 0 Å². The number of ether oxygens (including phenoxy) is 3. The second kappa shape index (κ2) is 8.82. The van der Waals surface area contributed by atoms with E-state index in [2.05, 4.69) is 36.4 Å². The van der Waals surface area contributed by atoms with Gasteiger partial charge in [-0.15, -0.1) is 0 Å². The lowest BCUT2D eigenvalue weighted by atomic mass is 9.93. The van der Waals surface area contributed by atoms with Crippen molar-refractivity contribution in [2.45, 2.75) is 19.4 Å². The highest BCUT2D eigenvalue weighted by Gasteiger charge is 2.19. The summed E-state index contributed by atoms with van der Waals surface area (Å²) in [6.07, 6.45) is 1.67. The summed E-state index contributed by atoms with van der Waals surface area (Å²) < 4.78 is 17.1. The summed E-state index contributed by atoms with van der Waals surface area (Å²) >= 11 is 0. The third-order valence-electron chi connectivity index (χ3n) is 5.13. The molecule has 1 aliphatic rings. The highest BCUT2D eigenvalue weighted by atomic mass is 16.5. The molecule has 0 aromatic heterocycles. The van der Waals surface area contributed by atoms with E-state index in [9.17, 15) is 0 Å². The van der Waals surface area contributed by atoms with Gasteiger partial charge in [0.15, 0.2) is 11.5 Å². The van der Waals surface area contributed by atoms with Crippen LogP contribution >= 0.6 is 0 Å². The van der Waals surface area contributed by atoms with E-state index in [-0.39, 0.29) is 0 Å². The van der Waals surface area contributed by atoms with Crippen LogP contribution in [0, 0.1) is 0 Å². The van der Waals surface area contributed by atoms with Crippen LogP contribution in [0.15, 0.2) is 71.7 Å². The first-order valence-corrected chi connectivity index (χ1v) is 9.81. The molecule has 0 N–H and O–H groups in total. The number of methoxy groups -OCH3 is 2. The molecule has 0 aliphatic carbocycles. The zero-order valence-electron chi connectivity index (χ0n) is 16.9. The summed E-state index contributed by atoms with van der Waals surface area (Å²) in [4.78, 5) is 4.80. The van der Waals surface area contributed by atoms with Gasteiger partial charge < -0.3 is 14.2 Å². The standard InChI is InChI=1S/C25H25NO3/c1-27-21-10-6-9-19(13-21)14-23-22-16-24(28-2)25(15-20(22)11-12-26-23)29-17-18-7-4-3-5-8-18/h3-10,13,15-16H,11-12,14,17H2,1-2H3. The Kier molecular flexibility index (Phi) is 5.80. The minimum Gasteiger partial charge on any atom is -0.497 e. The minimum atomic E-state index is 0.515. The fourth-order valence-electron chi connectivity index (χ4n) is 3.61. The molecule has 29 heavy (non-hydrogen) atoms. The molecule has 0 saturated carbocycles. The van der Waals surface area contributed by atoms with Crippen LogP contribution in [0.2, 0.25) is 0 Å². The first-order valence-electron chi connectivity index (χ1n) is 9.81. The molecule has 1 aliphatic heterocycles. The van der Waals surface area contributed by atoms with Crippen molar-refractivity contribution in [1.82, 2.24) is 0 Å². The maximum atomic E-state index is 6.08. The smallest absolute Gasteiger partial charge is 0.161 e. The predicted octanol–water partition coefficient (Wildman–Crippen LogP) is 4.87. The van der Waals surface area contributed by atoms with Gasteiger partial charge in [-0.25, -0.2) is 0 Å². The van der Waals surface area contributed by atoms with Crippen molar-refractivity contribution in [2.75, 3.05) is 20.8 Å². The zero-order valence-corrected chi connectivity index (χ0v) is 16.9. The van der Waals surface area contributed by atoms with Crippen molar-refractivity contribution >= 4 is 5.71 Å². The van der Waals surface area contributed by atoms with Gasteiger partial charge in [-0.2, -0.15) is 0 Å². The van der Waals surface area contributed by atoms with Crippen LogP contribution in [-0.2, 0) is 19.4 Å². The van der Waals surface area contributed by atoms with Crippen LogP contribution < -0.4 is 14.2 Å². The largest absolute Gasteiger partial charge is 0.497 e. The lowest BCUT2D eigenvalue weighted by Crippen LogP contribution is -2.16. The maximum absolute atomic E-state index is 6.08. The number of aliphatic imine (C=N–C) groups is 1. The van der Waals surface area contributed by atoms with E-state index in [4.69, 9.17) is 19.2 Å². The quantitative estimate of drug-likeness (QED) is 0.581. The van der Waals surface area contributed by atoms with Crippen molar-refractivity contribution in [3.63, 3.8) is 0 Å². The lowest BCUT2D eigenvalue weighted by Gasteiger charge is -2.21. The third-order valence-corrected chi connectivity index (χ3v) is 5.13. The Morgan fingerprint density at radius 3 is 2.45 bits per heavy atom. The average molecular weight is 387 g/mol. The fraction of sp³-hybridized carbons (Fsp3) is 0.240. The molecule has 0 bridgehead atoms. The fourth-order valence-corrected chi connectivity index (χ4v) is 3.61. The van der Waals surface area contributed by atoms with Crippen molar-refractivity contribution in [1.29, 1.82) is 0 Å². The molecule has 148 valence electrons. The number of benzene rings is 3. The minimum absolute atomic E-state index is 0.515. The second-order valence-corrected chi connectivity index (χ2v) is 7.04. The molecule has 0 atom stereocenters. The van der Waals surface area contributed by atoms with Gasteiger partial charge >= 0.3 is 0 Å². The van der Waals surface area contributed by atoms with Crippen molar-refractivity contribution in [3.05, 3.63) is 89.0 Å². The van der Waals surface area contributed by atoms with Gasteiger partial charge in [0.1, 0.15) is 12.4 Å². The van der Waals surface area contributed by atoms with E-state index in [0.717, 1.165) is 53.5 Å². The third kappa shape index (κ3) is 4.43. The average Bonchev–Trinajstić information content (AvgIpc) is 2.78. The highest BCUT2D eigenvalue weighted by Crippen LogP contribution is 2.34. The topological polar surface area (TPSA) is 40.0 Å². The second-order valence-electron chi connectivity index (χ2n) is 7.04. The van der Waals surface area contributed by atoms with Crippen LogP contribution in [-0.4, -0.2) is 26.5 Å². The molecular weight excluding hydrogens is 362 g/mol. The monoisotopic (exact) mass is 387 g/mol. The van der Waals surface area contributed by atoms with E-state index < -0.39 is 0 Å². The van der Waals surface area contributed by atoms with Crippen LogP contribution in [0.25, 0.3) is 0 Å². The molecule has 0 spiro atoms. The first-order chi connectivity index (χ1) is 14.3. The normalized spacial score (nSPS) is 12.7. The molecule has 0 unspecified atom stereocenters. The van der Waals surface area contributed by atoms with Crippen molar-refractivity contribution in [2.24, 2.45) is 4.99 Å². The van der Waals surface area contributed by atoms with Gasteiger partial charge in [0.2, 0.25) is 0 Å². The Morgan fingerprint density at radius 1 is 0.828 bits per heavy atom. The molecule has 0 amide bonds. The Labute approximate surface area is 171 Å². The summed E-state index contributed by atoms with van der Waals surface area (Å²) in [7, 11) is 3.37. The number of fused-ring (bicyclic) bond motifs is 1. The van der Waals surface area contributed by atoms with Gasteiger partial charge in [0.05, 0.1) is 14.2 Å².